The first kappa shape index (κ1) is 24.9. The average Bonchev–Trinajstić information content (AvgIpc) is 3.47. The maximum Gasteiger partial charge on any atom is 0.340 e. The second-order valence-corrected chi connectivity index (χ2v) is 9.10. The standard InChI is InChI=1S/C29H26N2O4S/c1-31(28(33)26-17-10-18-36-26)25-16-9-8-15-23(25)29(34)35-20-27(32)30-24(22-13-6-3-7-14-22)19-21-11-4-2-5-12-21/h2-18,24H,19-20H2,1H3,(H,30,32). The topological polar surface area (TPSA) is 75.7 Å². The van der Waals surface area contributed by atoms with Crippen molar-refractivity contribution in [2.24, 2.45) is 0 Å². The van der Waals surface area contributed by atoms with Crippen LogP contribution < -0.4 is 10.2 Å². The van der Waals surface area contributed by atoms with Gasteiger partial charge in [0.1, 0.15) is 0 Å². The first-order valence-electron chi connectivity index (χ1n) is 11.5. The van der Waals surface area contributed by atoms with Gasteiger partial charge in [-0.15, -0.1) is 11.3 Å². The normalized spacial score (nSPS) is 11.4. The molecule has 0 fully saturated rings. The summed E-state index contributed by atoms with van der Waals surface area (Å²) in [5, 5.41) is 4.80. The van der Waals surface area contributed by atoms with Crippen molar-refractivity contribution >= 4 is 34.8 Å². The van der Waals surface area contributed by atoms with Gasteiger partial charge in [-0.1, -0.05) is 78.9 Å². The molecule has 7 heteroatoms. The molecule has 182 valence electrons. The number of amides is 2. The summed E-state index contributed by atoms with van der Waals surface area (Å²) in [6.45, 7) is -0.437. The van der Waals surface area contributed by atoms with Gasteiger partial charge in [0.2, 0.25) is 0 Å². The van der Waals surface area contributed by atoms with Crippen LogP contribution in [0, 0.1) is 0 Å². The van der Waals surface area contributed by atoms with Crippen molar-refractivity contribution in [1.82, 2.24) is 5.32 Å². The number of hydrogen-bond acceptors (Lipinski definition) is 5. The largest absolute Gasteiger partial charge is 0.452 e. The highest BCUT2D eigenvalue weighted by molar-refractivity contribution is 7.12. The Hall–Kier alpha value is -4.23. The Morgan fingerprint density at radius 2 is 1.53 bits per heavy atom. The zero-order chi connectivity index (χ0) is 25.3. The smallest absolute Gasteiger partial charge is 0.340 e. The summed E-state index contributed by atoms with van der Waals surface area (Å²) in [6.07, 6.45) is 0.600. The summed E-state index contributed by atoms with van der Waals surface area (Å²) in [5.74, 6) is -1.31. The molecule has 6 nitrogen and oxygen atoms in total. The molecule has 36 heavy (non-hydrogen) atoms. The van der Waals surface area contributed by atoms with Crippen molar-refractivity contribution in [3.05, 3.63) is 124 Å². The molecular formula is C29H26N2O4S. The number of benzene rings is 3. The van der Waals surface area contributed by atoms with Crippen LogP contribution in [0.5, 0.6) is 0 Å². The second kappa shape index (κ2) is 12.0. The average molecular weight is 499 g/mol. The highest BCUT2D eigenvalue weighted by Gasteiger charge is 2.22. The van der Waals surface area contributed by atoms with E-state index in [0.29, 0.717) is 17.0 Å². The fourth-order valence-corrected chi connectivity index (χ4v) is 4.54. The molecule has 1 atom stereocenters. The number of para-hydroxylation sites is 1. The molecule has 0 radical (unpaired) electrons. The molecule has 0 spiro atoms. The van der Waals surface area contributed by atoms with Crippen molar-refractivity contribution in [3.8, 4) is 0 Å². The minimum Gasteiger partial charge on any atom is -0.452 e. The van der Waals surface area contributed by atoms with E-state index in [-0.39, 0.29) is 17.5 Å². The molecule has 1 unspecified atom stereocenters. The highest BCUT2D eigenvalue weighted by atomic mass is 32.1. The Balaban J connectivity index is 1.42. The van der Waals surface area contributed by atoms with Gasteiger partial charge in [-0.25, -0.2) is 4.79 Å². The van der Waals surface area contributed by atoms with Gasteiger partial charge in [0, 0.05) is 7.05 Å². The van der Waals surface area contributed by atoms with Crippen LogP contribution in [0.3, 0.4) is 0 Å². The predicted molar refractivity (Wildman–Crippen MR) is 141 cm³/mol. The number of nitrogens with zero attached hydrogens (tertiary/aromatic N) is 1. The van der Waals surface area contributed by atoms with Gasteiger partial charge >= 0.3 is 5.97 Å². The lowest BCUT2D eigenvalue weighted by Crippen LogP contribution is -2.34. The Morgan fingerprint density at radius 1 is 0.861 bits per heavy atom. The second-order valence-electron chi connectivity index (χ2n) is 8.16. The maximum atomic E-state index is 12.9. The van der Waals surface area contributed by atoms with Gasteiger partial charge in [0.25, 0.3) is 11.8 Å². The van der Waals surface area contributed by atoms with E-state index < -0.39 is 18.5 Å². The molecule has 1 N–H and O–H groups in total. The number of carbonyl (C=O) groups is 3. The molecule has 4 aromatic rings. The summed E-state index contributed by atoms with van der Waals surface area (Å²) in [6, 6.07) is 29.5. The van der Waals surface area contributed by atoms with Crippen molar-refractivity contribution in [2.45, 2.75) is 12.5 Å². The Kier molecular flexibility index (Phi) is 8.26. The fourth-order valence-electron chi connectivity index (χ4n) is 3.85. The van der Waals surface area contributed by atoms with E-state index in [0.717, 1.165) is 11.1 Å². The molecule has 4 rings (SSSR count). The van der Waals surface area contributed by atoms with Crippen molar-refractivity contribution in [2.75, 3.05) is 18.6 Å². The van der Waals surface area contributed by atoms with Crippen molar-refractivity contribution < 1.29 is 19.1 Å². The van der Waals surface area contributed by atoms with Gasteiger partial charge in [0.15, 0.2) is 6.61 Å². The monoisotopic (exact) mass is 498 g/mol. The first-order chi connectivity index (χ1) is 17.5. The number of ether oxygens (including phenoxy) is 1. The Bertz CT molecular complexity index is 1310. The van der Waals surface area contributed by atoms with Gasteiger partial charge in [0.05, 0.1) is 22.2 Å². The predicted octanol–water partition coefficient (Wildman–Crippen LogP) is 5.28. The summed E-state index contributed by atoms with van der Waals surface area (Å²) in [7, 11) is 1.61. The molecule has 0 bridgehead atoms. The Labute approximate surface area is 214 Å². The maximum absolute atomic E-state index is 12.9. The number of esters is 1. The summed E-state index contributed by atoms with van der Waals surface area (Å²) >= 11 is 1.33. The van der Waals surface area contributed by atoms with Gasteiger partial charge < -0.3 is 15.0 Å². The number of nitrogens with one attached hydrogen (secondary N) is 1. The molecule has 0 aliphatic carbocycles. The van der Waals surface area contributed by atoms with E-state index in [9.17, 15) is 14.4 Å². The van der Waals surface area contributed by atoms with E-state index in [1.807, 2.05) is 66.0 Å². The minimum atomic E-state index is -0.675. The van der Waals surface area contributed by atoms with Crippen LogP contribution in [0.2, 0.25) is 0 Å². The van der Waals surface area contributed by atoms with Crippen molar-refractivity contribution in [1.29, 1.82) is 0 Å². The van der Waals surface area contributed by atoms with Crippen LogP contribution in [0.25, 0.3) is 0 Å². The van der Waals surface area contributed by atoms with Crippen LogP contribution >= 0.6 is 11.3 Å². The third-order valence-corrected chi connectivity index (χ3v) is 6.53. The molecule has 0 saturated carbocycles. The summed E-state index contributed by atoms with van der Waals surface area (Å²) in [5.41, 5.74) is 2.66. The number of rotatable bonds is 9. The Morgan fingerprint density at radius 3 is 2.22 bits per heavy atom. The minimum absolute atomic E-state index is 0.210. The van der Waals surface area contributed by atoms with E-state index in [1.165, 1.54) is 16.2 Å². The zero-order valence-corrected chi connectivity index (χ0v) is 20.6. The summed E-state index contributed by atoms with van der Waals surface area (Å²) in [4.78, 5) is 40.4. The molecule has 0 aliphatic heterocycles. The number of thiophene rings is 1. The quantitative estimate of drug-likeness (QED) is 0.319. The first-order valence-corrected chi connectivity index (χ1v) is 12.4. The number of hydrogen-bond donors (Lipinski definition) is 1. The van der Waals surface area contributed by atoms with Crippen molar-refractivity contribution in [3.63, 3.8) is 0 Å². The molecular weight excluding hydrogens is 472 g/mol. The van der Waals surface area contributed by atoms with Gasteiger partial charge in [-0.3, -0.25) is 9.59 Å². The molecule has 3 aromatic carbocycles. The van der Waals surface area contributed by atoms with Gasteiger partial charge in [-0.2, -0.15) is 0 Å². The van der Waals surface area contributed by atoms with Crippen LogP contribution in [-0.4, -0.2) is 31.4 Å². The van der Waals surface area contributed by atoms with E-state index in [1.54, 1.807) is 43.4 Å². The van der Waals surface area contributed by atoms with Gasteiger partial charge in [-0.05, 0) is 41.1 Å². The lowest BCUT2D eigenvalue weighted by Gasteiger charge is -2.21. The lowest BCUT2D eigenvalue weighted by atomic mass is 9.99. The molecule has 0 aliphatic rings. The van der Waals surface area contributed by atoms with E-state index in [2.05, 4.69) is 5.32 Å². The SMILES string of the molecule is CN(C(=O)c1cccs1)c1ccccc1C(=O)OCC(=O)NC(Cc1ccccc1)c1ccccc1. The van der Waals surface area contributed by atoms with Crippen LogP contribution in [0.4, 0.5) is 5.69 Å². The van der Waals surface area contributed by atoms with Crippen LogP contribution in [-0.2, 0) is 16.0 Å². The zero-order valence-electron chi connectivity index (χ0n) is 19.8. The summed E-state index contributed by atoms with van der Waals surface area (Å²) < 4.78 is 5.35. The van der Waals surface area contributed by atoms with E-state index >= 15 is 0 Å². The third-order valence-electron chi connectivity index (χ3n) is 5.68. The number of anilines is 1. The molecule has 1 aromatic heterocycles. The fraction of sp³-hybridized carbons (Fsp3) is 0.138. The van der Waals surface area contributed by atoms with Crippen LogP contribution in [0.1, 0.15) is 37.2 Å². The molecule has 0 saturated heterocycles. The lowest BCUT2D eigenvalue weighted by molar-refractivity contribution is -0.125. The van der Waals surface area contributed by atoms with E-state index in [4.69, 9.17) is 4.74 Å². The highest BCUT2D eigenvalue weighted by Crippen LogP contribution is 2.23. The third kappa shape index (κ3) is 6.25. The molecule has 2 amide bonds. The number of carbonyl (C=O) groups excluding carboxylic acids is 3. The van der Waals surface area contributed by atoms with Crippen LogP contribution in [0.15, 0.2) is 102 Å². The molecule has 1 heterocycles.